The molecule has 4 heterocycles. The number of nitrogens with zero attached hydrogens (tertiary/aromatic N) is 5. The number of benzene rings is 4. The minimum absolute atomic E-state index is 0.0169. The Morgan fingerprint density at radius 3 is 1.76 bits per heavy atom. The van der Waals surface area contributed by atoms with Crippen LogP contribution in [0, 0.1) is 6.92 Å². The van der Waals surface area contributed by atoms with Crippen molar-refractivity contribution in [1.82, 2.24) is 24.5 Å². The Kier molecular flexibility index (Phi) is 9.59. The molecule has 2 aliphatic rings. The van der Waals surface area contributed by atoms with Crippen molar-refractivity contribution in [3.05, 3.63) is 178 Å². The van der Waals surface area contributed by atoms with Crippen LogP contribution in [0.15, 0.2) is 139 Å². The molecule has 0 bridgehead atoms. The summed E-state index contributed by atoms with van der Waals surface area (Å²) in [5.74, 6) is -1.76. The molecule has 0 unspecified atom stereocenters. The molecule has 54 heavy (non-hydrogen) atoms. The fourth-order valence-electron chi connectivity index (χ4n) is 6.56. The second-order valence-corrected chi connectivity index (χ2v) is 14.2. The number of amides is 1. The van der Waals surface area contributed by atoms with Crippen molar-refractivity contribution in [2.75, 3.05) is 5.75 Å². The topological polar surface area (TPSA) is 142 Å². The third-order valence-corrected chi connectivity index (χ3v) is 10.9. The van der Waals surface area contributed by atoms with E-state index in [1.54, 1.807) is 13.0 Å². The van der Waals surface area contributed by atoms with Crippen molar-refractivity contribution in [2.24, 2.45) is 5.73 Å². The first-order valence-electron chi connectivity index (χ1n) is 17.1. The van der Waals surface area contributed by atoms with Crippen molar-refractivity contribution in [2.45, 2.75) is 30.5 Å². The van der Waals surface area contributed by atoms with Crippen LogP contribution in [0.5, 0.6) is 0 Å². The van der Waals surface area contributed by atoms with Gasteiger partial charge in [-0.15, -0.1) is 16.9 Å². The Hall–Kier alpha value is -6.02. The van der Waals surface area contributed by atoms with Gasteiger partial charge in [0.25, 0.3) is 11.6 Å². The van der Waals surface area contributed by atoms with Crippen molar-refractivity contribution < 1.29 is 23.9 Å². The number of aromatic nitrogens is 4. The highest BCUT2D eigenvalue weighted by Gasteiger charge is 2.53. The van der Waals surface area contributed by atoms with E-state index in [1.807, 2.05) is 121 Å². The Bertz CT molecular complexity index is 2350. The van der Waals surface area contributed by atoms with Gasteiger partial charge in [-0.05, 0) is 35.2 Å². The molecule has 1 amide bonds. The molecule has 2 atom stereocenters. The molecule has 2 N–H and O–H groups in total. The molecular weight excluding hydrogens is 721 g/mol. The zero-order chi connectivity index (χ0) is 37.3. The Balaban J connectivity index is 1.17. The Morgan fingerprint density at radius 2 is 1.26 bits per heavy atom. The van der Waals surface area contributed by atoms with E-state index >= 15 is 0 Å². The van der Waals surface area contributed by atoms with Crippen LogP contribution in [0.25, 0.3) is 5.78 Å². The molecule has 2 aliphatic heterocycles. The number of carbonyl (C=O) groups is 3. The molecule has 6 aromatic rings. The number of carbonyl (C=O) groups excluding carboxylic acids is 3. The van der Waals surface area contributed by atoms with Gasteiger partial charge in [-0.1, -0.05) is 134 Å². The molecule has 13 heteroatoms. The number of thiocarbonyl (C=S) groups is 1. The smallest absolute Gasteiger partial charge is 0.379 e. The first kappa shape index (κ1) is 35.0. The quantitative estimate of drug-likeness (QED) is 0.0771. The van der Waals surface area contributed by atoms with Gasteiger partial charge in [-0.3, -0.25) is 9.69 Å². The van der Waals surface area contributed by atoms with E-state index in [9.17, 15) is 14.4 Å². The molecule has 2 aromatic heterocycles. The molecule has 0 radical (unpaired) electrons. The molecule has 8 rings (SSSR count). The van der Waals surface area contributed by atoms with Gasteiger partial charge in [-0.25, -0.2) is 14.6 Å². The first-order valence-corrected chi connectivity index (χ1v) is 18.6. The summed E-state index contributed by atoms with van der Waals surface area (Å²) in [5, 5.41) is 4.05. The summed E-state index contributed by atoms with van der Waals surface area (Å²) in [6.45, 7) is 1.76. The predicted molar refractivity (Wildman–Crippen MR) is 206 cm³/mol. The van der Waals surface area contributed by atoms with Crippen LogP contribution in [-0.2, 0) is 19.1 Å². The van der Waals surface area contributed by atoms with E-state index in [0.717, 1.165) is 22.3 Å². The lowest BCUT2D eigenvalue weighted by Crippen LogP contribution is -2.68. The van der Waals surface area contributed by atoms with Gasteiger partial charge in [0.15, 0.2) is 12.2 Å². The van der Waals surface area contributed by atoms with Gasteiger partial charge >= 0.3 is 11.9 Å². The van der Waals surface area contributed by atoms with Crippen molar-refractivity contribution in [1.29, 1.82) is 0 Å². The van der Waals surface area contributed by atoms with E-state index < -0.39 is 41.5 Å². The van der Waals surface area contributed by atoms with Gasteiger partial charge in [0.1, 0.15) is 17.1 Å². The summed E-state index contributed by atoms with van der Waals surface area (Å²) < 4.78 is 13.7. The maximum Gasteiger partial charge on any atom is 0.379 e. The third kappa shape index (κ3) is 6.57. The van der Waals surface area contributed by atoms with Gasteiger partial charge in [0.05, 0.1) is 10.6 Å². The normalized spacial score (nSPS) is 16.7. The highest BCUT2D eigenvalue weighted by molar-refractivity contribution is 8.00. The number of rotatable bonds is 10. The lowest BCUT2D eigenvalue weighted by Gasteiger charge is -2.48. The first-order chi connectivity index (χ1) is 26.3. The second kappa shape index (κ2) is 14.8. The van der Waals surface area contributed by atoms with E-state index in [2.05, 4.69) is 15.1 Å². The van der Waals surface area contributed by atoms with E-state index in [-0.39, 0.29) is 27.9 Å². The number of ether oxygens (including phenoxy) is 2. The zero-order valence-corrected chi connectivity index (χ0v) is 30.4. The van der Waals surface area contributed by atoms with Crippen LogP contribution >= 0.6 is 24.0 Å². The van der Waals surface area contributed by atoms with Gasteiger partial charge < -0.3 is 15.2 Å². The molecule has 11 nitrogen and oxygen atoms in total. The maximum absolute atomic E-state index is 14.4. The summed E-state index contributed by atoms with van der Waals surface area (Å²) in [6, 6.07) is 38.4. The number of hydrogen-bond acceptors (Lipinski definition) is 11. The average molecular weight is 753 g/mol. The largest absolute Gasteiger partial charge is 0.448 e. The molecule has 0 aliphatic carbocycles. The third-order valence-electron chi connectivity index (χ3n) is 9.19. The van der Waals surface area contributed by atoms with Crippen molar-refractivity contribution in [3.8, 4) is 0 Å². The standard InChI is InChI=1S/C41H32N6O5S2/c1-24-22-30(47-41(43-24)44-36(45-47)40(50)52-34(27-18-10-4-11-19-27)28-20-12-5-13-21-28)35(53)29-23-54-38-31(42)37(48)46(38)32(29)39(49)51-33(25-14-6-2-7-15-25)26-16-8-3-9-17-26/h2-22,31,33-34,38H,23,42H2,1H3/t31-,38-/m1/s1. The predicted octanol–water partition coefficient (Wildman–Crippen LogP) is 5.93. The van der Waals surface area contributed by atoms with Crippen LogP contribution in [0.3, 0.4) is 0 Å². The monoisotopic (exact) mass is 752 g/mol. The van der Waals surface area contributed by atoms with Crippen LogP contribution in [0.1, 0.15) is 56.5 Å². The number of fused-ring (bicyclic) bond motifs is 2. The molecule has 0 spiro atoms. The highest BCUT2D eigenvalue weighted by atomic mass is 32.2. The van der Waals surface area contributed by atoms with Crippen LogP contribution < -0.4 is 5.73 Å². The maximum atomic E-state index is 14.4. The highest BCUT2D eigenvalue weighted by Crippen LogP contribution is 2.42. The summed E-state index contributed by atoms with van der Waals surface area (Å²) >= 11 is 7.50. The Labute approximate surface area is 319 Å². The van der Waals surface area contributed by atoms with Gasteiger partial charge in [-0.2, -0.15) is 9.50 Å². The molecule has 0 saturated carbocycles. The minimum atomic E-state index is -0.777. The summed E-state index contributed by atoms with van der Waals surface area (Å²) in [6.07, 6.45) is -1.49. The van der Waals surface area contributed by atoms with E-state index in [0.29, 0.717) is 17.0 Å². The Morgan fingerprint density at radius 1 is 0.778 bits per heavy atom. The summed E-state index contributed by atoms with van der Waals surface area (Å²) in [4.78, 5) is 52.0. The SMILES string of the molecule is Cc1cc(C(=S)C2=C(C(=O)OC(c3ccccc3)c3ccccc3)N3C(=O)[C@@H](N)[C@H]3SC2)n2nc(C(=O)OC(c3ccccc3)c3ccccc3)nc2n1. The fraction of sp³-hybridized carbons (Fsp3) is 0.146. The number of aryl methyl sites for hydroxylation is 1. The number of nitrogens with two attached hydrogens (primary N) is 1. The number of esters is 2. The number of hydrogen-bond donors (Lipinski definition) is 1. The van der Waals surface area contributed by atoms with Crippen LogP contribution in [-0.4, -0.2) is 64.4 Å². The van der Waals surface area contributed by atoms with Crippen LogP contribution in [0.2, 0.25) is 0 Å². The molecule has 1 saturated heterocycles. The lowest BCUT2D eigenvalue weighted by molar-refractivity contribution is -0.153. The van der Waals surface area contributed by atoms with Crippen molar-refractivity contribution in [3.63, 3.8) is 0 Å². The number of thioether (sulfide) groups is 1. The summed E-state index contributed by atoms with van der Waals surface area (Å²) in [5.41, 5.74) is 10.5. The zero-order valence-electron chi connectivity index (χ0n) is 28.8. The second-order valence-electron chi connectivity index (χ2n) is 12.7. The molecular formula is C41H32N6O5S2. The molecule has 4 aromatic carbocycles. The lowest BCUT2D eigenvalue weighted by atomic mass is 9.99. The van der Waals surface area contributed by atoms with Crippen molar-refractivity contribution >= 4 is 52.5 Å². The summed E-state index contributed by atoms with van der Waals surface area (Å²) in [7, 11) is 0. The van der Waals surface area contributed by atoms with E-state index in [4.69, 9.17) is 27.4 Å². The van der Waals surface area contributed by atoms with Crippen LogP contribution in [0.4, 0.5) is 0 Å². The van der Waals surface area contributed by atoms with Gasteiger partial charge in [0.2, 0.25) is 5.91 Å². The van der Waals surface area contributed by atoms with Gasteiger partial charge in [0, 0.05) is 17.0 Å². The number of β-lactam (4-membered cyclic amide) rings is 1. The average Bonchev–Trinajstić information content (AvgIpc) is 3.66. The minimum Gasteiger partial charge on any atom is -0.448 e. The molecule has 268 valence electrons. The van der Waals surface area contributed by atoms with E-state index in [1.165, 1.54) is 21.2 Å². The fourth-order valence-corrected chi connectivity index (χ4v) is 8.27. The molecule has 1 fully saturated rings.